The second-order valence-corrected chi connectivity index (χ2v) is 8.10. The number of hydrogen-bond acceptors (Lipinski definition) is 5. The predicted molar refractivity (Wildman–Crippen MR) is 104 cm³/mol. The average molecular weight is 394 g/mol. The Morgan fingerprint density at radius 1 is 1.14 bits per heavy atom. The molecular weight excluding hydrogens is 376 g/mol. The van der Waals surface area contributed by atoms with Gasteiger partial charge in [0.1, 0.15) is 0 Å². The van der Waals surface area contributed by atoms with E-state index < -0.39 is 10.0 Å². The van der Waals surface area contributed by atoms with Gasteiger partial charge in [0.25, 0.3) is 0 Å². The Labute approximate surface area is 163 Å². The van der Waals surface area contributed by atoms with Gasteiger partial charge in [0.2, 0.25) is 15.8 Å². The molecule has 1 aromatic heterocycles. The Morgan fingerprint density at radius 2 is 1.82 bits per heavy atom. The summed E-state index contributed by atoms with van der Waals surface area (Å²) >= 11 is 0. The highest BCUT2D eigenvalue weighted by Gasteiger charge is 2.26. The van der Waals surface area contributed by atoms with Gasteiger partial charge in [0, 0.05) is 11.6 Å². The molecule has 0 spiro atoms. The van der Waals surface area contributed by atoms with Crippen molar-refractivity contribution in [2.75, 3.05) is 6.54 Å². The zero-order valence-electron chi connectivity index (χ0n) is 15.2. The second kappa shape index (κ2) is 8.21. The third kappa shape index (κ3) is 4.19. The average Bonchev–Trinajstić information content (AvgIpc) is 3.17. The van der Waals surface area contributed by atoms with Gasteiger partial charge in [-0.25, -0.2) is 8.42 Å². The van der Waals surface area contributed by atoms with Gasteiger partial charge >= 0.3 is 0 Å². The molecule has 0 aliphatic heterocycles. The summed E-state index contributed by atoms with van der Waals surface area (Å²) in [5.74, 6) is 2.27. The van der Waals surface area contributed by atoms with E-state index in [1.807, 2.05) is 6.92 Å². The second-order valence-electron chi connectivity index (χ2n) is 6.16. The van der Waals surface area contributed by atoms with Crippen LogP contribution in [0.3, 0.4) is 0 Å². The van der Waals surface area contributed by atoms with Crippen molar-refractivity contribution in [1.29, 1.82) is 0 Å². The van der Waals surface area contributed by atoms with Gasteiger partial charge in [-0.1, -0.05) is 59.1 Å². The van der Waals surface area contributed by atoms with E-state index in [-0.39, 0.29) is 35.2 Å². The Hall–Kier alpha value is -3.21. The summed E-state index contributed by atoms with van der Waals surface area (Å²) in [5.41, 5.74) is 1.52. The molecule has 142 valence electrons. The van der Waals surface area contributed by atoms with E-state index in [9.17, 15) is 13.2 Å². The number of nitrogens with zero attached hydrogens (tertiary/aromatic N) is 2. The predicted octanol–water partition coefficient (Wildman–Crippen LogP) is 3.04. The summed E-state index contributed by atoms with van der Waals surface area (Å²) in [6.45, 7) is 1.60. The summed E-state index contributed by atoms with van der Waals surface area (Å²) < 4.78 is 32.1. The summed E-state index contributed by atoms with van der Waals surface area (Å²) in [6.07, 6.45) is 5.35. The smallest absolute Gasteiger partial charge is 0.244 e. The van der Waals surface area contributed by atoms with Crippen molar-refractivity contribution in [3.8, 4) is 12.3 Å². The van der Waals surface area contributed by atoms with Crippen molar-refractivity contribution >= 4 is 15.8 Å². The first-order valence-corrected chi connectivity index (χ1v) is 9.91. The third-order valence-electron chi connectivity index (χ3n) is 4.09. The van der Waals surface area contributed by atoms with Crippen LogP contribution in [-0.2, 0) is 16.6 Å². The van der Waals surface area contributed by atoms with E-state index in [2.05, 4.69) is 11.1 Å². The molecule has 0 aliphatic rings. The first kappa shape index (κ1) is 19.5. The standard InChI is InChI=1S/C21H18N2O4S/c1-3-13-23(28(25,26)19-11-9-16(2)10-12-19)15-18-14-20(22-27-18)21(24)17-7-5-4-6-8-17/h1,4-12,14H,13,15H2,2H3. The van der Waals surface area contributed by atoms with E-state index in [1.54, 1.807) is 42.5 Å². The largest absolute Gasteiger partial charge is 0.359 e. The molecule has 0 radical (unpaired) electrons. The number of carbonyl (C=O) groups is 1. The number of benzene rings is 2. The van der Waals surface area contributed by atoms with Crippen LogP contribution >= 0.6 is 0 Å². The quantitative estimate of drug-likeness (QED) is 0.455. The minimum atomic E-state index is -3.82. The highest BCUT2D eigenvalue weighted by Crippen LogP contribution is 2.20. The lowest BCUT2D eigenvalue weighted by molar-refractivity contribution is 0.103. The maximum absolute atomic E-state index is 12.9. The number of rotatable bonds is 7. The molecule has 0 atom stereocenters. The van der Waals surface area contributed by atoms with Crippen LogP contribution in [0.5, 0.6) is 0 Å². The maximum atomic E-state index is 12.9. The first-order valence-electron chi connectivity index (χ1n) is 8.47. The van der Waals surface area contributed by atoms with Gasteiger partial charge in [-0.2, -0.15) is 4.31 Å². The summed E-state index contributed by atoms with van der Waals surface area (Å²) in [4.78, 5) is 12.6. The number of carbonyl (C=O) groups excluding carboxylic acids is 1. The molecule has 0 fully saturated rings. The SMILES string of the molecule is C#CCN(Cc1cc(C(=O)c2ccccc2)no1)S(=O)(=O)c1ccc(C)cc1. The Balaban J connectivity index is 1.84. The van der Waals surface area contributed by atoms with Crippen molar-refractivity contribution in [1.82, 2.24) is 9.46 Å². The molecule has 3 aromatic rings. The van der Waals surface area contributed by atoms with E-state index >= 15 is 0 Å². The highest BCUT2D eigenvalue weighted by molar-refractivity contribution is 7.89. The topological polar surface area (TPSA) is 80.5 Å². The summed E-state index contributed by atoms with van der Waals surface area (Å²) in [6, 6.07) is 16.6. The van der Waals surface area contributed by atoms with Crippen LogP contribution in [0.4, 0.5) is 0 Å². The molecule has 7 heteroatoms. The zero-order valence-corrected chi connectivity index (χ0v) is 16.0. The fourth-order valence-electron chi connectivity index (χ4n) is 2.59. The number of aromatic nitrogens is 1. The van der Waals surface area contributed by atoms with Crippen LogP contribution in [0.25, 0.3) is 0 Å². The van der Waals surface area contributed by atoms with E-state index in [4.69, 9.17) is 10.9 Å². The molecule has 1 heterocycles. The molecule has 0 amide bonds. The molecule has 0 bridgehead atoms. The Morgan fingerprint density at radius 3 is 2.46 bits per heavy atom. The summed E-state index contributed by atoms with van der Waals surface area (Å²) in [7, 11) is -3.82. The van der Waals surface area contributed by atoms with Crippen LogP contribution in [0.15, 0.2) is 70.1 Å². The van der Waals surface area contributed by atoms with Crippen LogP contribution in [0, 0.1) is 19.3 Å². The van der Waals surface area contributed by atoms with Crippen LogP contribution in [0.1, 0.15) is 27.4 Å². The molecule has 2 aromatic carbocycles. The number of sulfonamides is 1. The molecule has 0 unspecified atom stereocenters. The third-order valence-corrected chi connectivity index (χ3v) is 5.89. The van der Waals surface area contributed by atoms with Crippen LogP contribution in [-0.4, -0.2) is 30.2 Å². The van der Waals surface area contributed by atoms with Gasteiger partial charge in [-0.3, -0.25) is 4.79 Å². The minimum absolute atomic E-state index is 0.106. The van der Waals surface area contributed by atoms with Crippen molar-refractivity contribution in [3.63, 3.8) is 0 Å². The monoisotopic (exact) mass is 394 g/mol. The van der Waals surface area contributed by atoms with Gasteiger partial charge in [-0.15, -0.1) is 6.42 Å². The molecule has 0 aliphatic carbocycles. The van der Waals surface area contributed by atoms with Gasteiger partial charge < -0.3 is 4.52 Å². The van der Waals surface area contributed by atoms with E-state index in [1.165, 1.54) is 18.2 Å². The molecule has 0 N–H and O–H groups in total. The molecule has 28 heavy (non-hydrogen) atoms. The van der Waals surface area contributed by atoms with Crippen molar-refractivity contribution in [2.45, 2.75) is 18.4 Å². The fourth-order valence-corrected chi connectivity index (χ4v) is 3.91. The highest BCUT2D eigenvalue weighted by atomic mass is 32.2. The fraction of sp³-hybridized carbons (Fsp3) is 0.143. The van der Waals surface area contributed by atoms with Crippen molar-refractivity contribution in [2.24, 2.45) is 0 Å². The minimum Gasteiger partial charge on any atom is -0.359 e. The van der Waals surface area contributed by atoms with E-state index in [0.717, 1.165) is 9.87 Å². The van der Waals surface area contributed by atoms with Crippen LogP contribution < -0.4 is 0 Å². The number of terminal acetylenes is 1. The summed E-state index contributed by atoms with van der Waals surface area (Å²) in [5, 5.41) is 3.77. The molecular formula is C21H18N2O4S. The Kier molecular flexibility index (Phi) is 5.73. The number of hydrogen-bond donors (Lipinski definition) is 0. The normalized spacial score (nSPS) is 11.3. The molecule has 0 saturated carbocycles. The zero-order chi connectivity index (χ0) is 20.1. The molecule has 3 rings (SSSR count). The van der Waals surface area contributed by atoms with E-state index in [0.29, 0.717) is 5.56 Å². The lowest BCUT2D eigenvalue weighted by Crippen LogP contribution is -2.31. The number of aryl methyl sites for hydroxylation is 1. The van der Waals surface area contributed by atoms with Gasteiger partial charge in [-0.05, 0) is 19.1 Å². The molecule has 6 nitrogen and oxygen atoms in total. The Bertz CT molecular complexity index is 1110. The molecule has 0 saturated heterocycles. The van der Waals surface area contributed by atoms with Crippen LogP contribution in [0.2, 0.25) is 0 Å². The maximum Gasteiger partial charge on any atom is 0.244 e. The lowest BCUT2D eigenvalue weighted by Gasteiger charge is -2.18. The van der Waals surface area contributed by atoms with Crippen molar-refractivity contribution in [3.05, 3.63) is 83.2 Å². The van der Waals surface area contributed by atoms with Gasteiger partial charge in [0.05, 0.1) is 18.0 Å². The van der Waals surface area contributed by atoms with Gasteiger partial charge in [0.15, 0.2) is 11.5 Å². The lowest BCUT2D eigenvalue weighted by atomic mass is 10.1. The number of ketones is 1. The van der Waals surface area contributed by atoms with Crippen molar-refractivity contribution < 1.29 is 17.7 Å². The first-order chi connectivity index (χ1) is 13.4.